The van der Waals surface area contributed by atoms with Crippen LogP contribution in [0.2, 0.25) is 0 Å². The lowest BCUT2D eigenvalue weighted by Crippen LogP contribution is -2.42. The number of nitrogens with one attached hydrogen (secondary N) is 1. The molecule has 1 aromatic carbocycles. The Kier molecular flexibility index (Phi) is 7.48. The van der Waals surface area contributed by atoms with Gasteiger partial charge in [0.15, 0.2) is 5.82 Å². The van der Waals surface area contributed by atoms with Crippen LogP contribution in [0, 0.1) is 5.92 Å². The molecule has 1 unspecified atom stereocenters. The maximum absolute atomic E-state index is 12.8. The number of hydrogen-bond acceptors (Lipinski definition) is 6. The van der Waals surface area contributed by atoms with Gasteiger partial charge in [0.1, 0.15) is 0 Å². The summed E-state index contributed by atoms with van der Waals surface area (Å²) < 4.78 is 11.3. The van der Waals surface area contributed by atoms with Crippen molar-refractivity contribution in [1.82, 2.24) is 20.2 Å². The summed E-state index contributed by atoms with van der Waals surface area (Å²) >= 11 is 0. The van der Waals surface area contributed by atoms with E-state index in [4.69, 9.17) is 19.4 Å². The van der Waals surface area contributed by atoms with Gasteiger partial charge in [-0.1, -0.05) is 30.3 Å². The lowest BCUT2D eigenvalue weighted by Gasteiger charge is -2.26. The Morgan fingerprint density at radius 3 is 2.71 bits per heavy atom. The Morgan fingerprint density at radius 2 is 1.94 bits per heavy atom. The summed E-state index contributed by atoms with van der Waals surface area (Å²) in [4.78, 5) is 24.7. The summed E-state index contributed by atoms with van der Waals surface area (Å²) in [6.45, 7) is 7.54. The molecule has 1 amide bonds. The van der Waals surface area contributed by atoms with E-state index in [1.807, 2.05) is 37.3 Å². The normalized spacial score (nSPS) is 19.3. The highest BCUT2D eigenvalue weighted by Crippen LogP contribution is 2.31. The van der Waals surface area contributed by atoms with Crippen LogP contribution in [0.3, 0.4) is 0 Å². The lowest BCUT2D eigenvalue weighted by molar-refractivity contribution is -0.125. The van der Waals surface area contributed by atoms with Crippen molar-refractivity contribution in [3.05, 3.63) is 41.6 Å². The first-order valence-corrected chi connectivity index (χ1v) is 11.4. The third-order valence-electron chi connectivity index (χ3n) is 6.04. The molecule has 7 heteroatoms. The molecule has 1 atom stereocenters. The predicted octanol–water partition coefficient (Wildman–Crippen LogP) is 2.49. The number of morpholine rings is 1. The molecule has 1 N–H and O–H groups in total. The molecule has 166 valence electrons. The molecular formula is C24H32N4O3. The quantitative estimate of drug-likeness (QED) is 0.688. The molecule has 0 radical (unpaired) electrons. The maximum Gasteiger partial charge on any atom is 0.223 e. The number of nitrogens with zero attached hydrogens (tertiary/aromatic N) is 3. The van der Waals surface area contributed by atoms with E-state index in [1.54, 1.807) is 0 Å². The second-order valence-corrected chi connectivity index (χ2v) is 8.10. The van der Waals surface area contributed by atoms with Crippen LogP contribution < -0.4 is 10.1 Å². The standard InChI is InChI=1S/C24H32N4O3/c1-2-31-24-20-10-8-19(23(29)25-12-13-28-14-16-30-17-15-28)9-11-21(20)26-22(27-24)18-6-4-3-5-7-18/h3-7,19H,2,8-17H2,1H3,(H,25,29). The number of fused-ring (bicyclic) bond motifs is 1. The van der Waals surface area contributed by atoms with Crippen molar-refractivity contribution in [2.45, 2.75) is 32.6 Å². The summed E-state index contributed by atoms with van der Waals surface area (Å²) in [7, 11) is 0. The summed E-state index contributed by atoms with van der Waals surface area (Å²) in [6, 6.07) is 9.99. The Morgan fingerprint density at radius 1 is 1.16 bits per heavy atom. The van der Waals surface area contributed by atoms with Crippen LogP contribution in [-0.4, -0.2) is 66.8 Å². The summed E-state index contributed by atoms with van der Waals surface area (Å²) in [5, 5.41) is 3.14. The van der Waals surface area contributed by atoms with E-state index < -0.39 is 0 Å². The average molecular weight is 425 g/mol. The molecule has 7 nitrogen and oxygen atoms in total. The first-order valence-electron chi connectivity index (χ1n) is 11.4. The van der Waals surface area contributed by atoms with Gasteiger partial charge in [0.2, 0.25) is 11.8 Å². The van der Waals surface area contributed by atoms with E-state index in [1.165, 1.54) is 0 Å². The van der Waals surface area contributed by atoms with Crippen molar-refractivity contribution in [1.29, 1.82) is 0 Å². The fourth-order valence-electron chi connectivity index (χ4n) is 4.28. The smallest absolute Gasteiger partial charge is 0.223 e. The topological polar surface area (TPSA) is 76.6 Å². The highest BCUT2D eigenvalue weighted by Gasteiger charge is 2.26. The lowest BCUT2D eigenvalue weighted by atomic mass is 9.99. The summed E-state index contributed by atoms with van der Waals surface area (Å²) in [6.07, 6.45) is 3.12. The molecule has 0 spiro atoms. The van der Waals surface area contributed by atoms with E-state index >= 15 is 0 Å². The van der Waals surface area contributed by atoms with Gasteiger partial charge in [0.05, 0.1) is 25.5 Å². The minimum atomic E-state index is -0.00598. The first kappa shape index (κ1) is 21.7. The van der Waals surface area contributed by atoms with E-state index in [9.17, 15) is 4.79 Å². The average Bonchev–Trinajstić information content (AvgIpc) is 3.03. The molecule has 1 aromatic heterocycles. The third kappa shape index (κ3) is 5.60. The molecular weight excluding hydrogens is 392 g/mol. The molecule has 2 aromatic rings. The van der Waals surface area contributed by atoms with E-state index in [0.717, 1.165) is 75.4 Å². The molecule has 1 aliphatic heterocycles. The Hall–Kier alpha value is -2.51. The van der Waals surface area contributed by atoms with Gasteiger partial charge in [-0.25, -0.2) is 4.98 Å². The van der Waals surface area contributed by atoms with Gasteiger partial charge < -0.3 is 14.8 Å². The van der Waals surface area contributed by atoms with Crippen LogP contribution in [0.4, 0.5) is 0 Å². The van der Waals surface area contributed by atoms with Gasteiger partial charge in [-0.15, -0.1) is 0 Å². The molecule has 4 rings (SSSR count). The zero-order valence-corrected chi connectivity index (χ0v) is 18.3. The van der Waals surface area contributed by atoms with Crippen molar-refractivity contribution < 1.29 is 14.3 Å². The van der Waals surface area contributed by atoms with Gasteiger partial charge in [0, 0.05) is 43.2 Å². The van der Waals surface area contributed by atoms with Gasteiger partial charge in [-0.2, -0.15) is 4.98 Å². The van der Waals surface area contributed by atoms with Gasteiger partial charge in [0.25, 0.3) is 0 Å². The zero-order valence-electron chi connectivity index (χ0n) is 18.3. The monoisotopic (exact) mass is 424 g/mol. The minimum Gasteiger partial charge on any atom is -0.478 e. The fourth-order valence-corrected chi connectivity index (χ4v) is 4.28. The van der Waals surface area contributed by atoms with Crippen LogP contribution >= 0.6 is 0 Å². The van der Waals surface area contributed by atoms with Gasteiger partial charge in [-0.3, -0.25) is 9.69 Å². The second-order valence-electron chi connectivity index (χ2n) is 8.10. The number of aromatic nitrogens is 2. The molecule has 1 fully saturated rings. The van der Waals surface area contributed by atoms with Crippen molar-refractivity contribution >= 4 is 5.91 Å². The Bertz CT molecular complexity index is 869. The van der Waals surface area contributed by atoms with E-state index in [0.29, 0.717) is 24.9 Å². The molecule has 2 aliphatic rings. The summed E-state index contributed by atoms with van der Waals surface area (Å²) in [5.74, 6) is 1.50. The number of hydrogen-bond donors (Lipinski definition) is 1. The molecule has 0 saturated carbocycles. The van der Waals surface area contributed by atoms with Gasteiger partial charge in [-0.05, 0) is 32.6 Å². The van der Waals surface area contributed by atoms with Crippen LogP contribution in [0.15, 0.2) is 30.3 Å². The van der Waals surface area contributed by atoms with E-state index in [2.05, 4.69) is 10.2 Å². The molecule has 0 bridgehead atoms. The number of carbonyl (C=O) groups excluding carboxylic acids is 1. The van der Waals surface area contributed by atoms with Crippen LogP contribution in [0.1, 0.15) is 31.0 Å². The largest absolute Gasteiger partial charge is 0.478 e. The number of ether oxygens (including phenoxy) is 2. The van der Waals surface area contributed by atoms with Crippen molar-refractivity contribution in [3.8, 4) is 17.3 Å². The predicted molar refractivity (Wildman–Crippen MR) is 119 cm³/mol. The molecule has 1 saturated heterocycles. The zero-order chi connectivity index (χ0) is 21.5. The van der Waals surface area contributed by atoms with Crippen molar-refractivity contribution in [2.75, 3.05) is 46.0 Å². The molecule has 2 heterocycles. The summed E-state index contributed by atoms with van der Waals surface area (Å²) in [5.41, 5.74) is 3.05. The maximum atomic E-state index is 12.8. The number of amides is 1. The van der Waals surface area contributed by atoms with Crippen LogP contribution in [0.25, 0.3) is 11.4 Å². The van der Waals surface area contributed by atoms with Crippen LogP contribution in [0.5, 0.6) is 5.88 Å². The Balaban J connectivity index is 1.41. The minimum absolute atomic E-state index is 0.00598. The number of benzene rings is 1. The van der Waals surface area contributed by atoms with E-state index in [-0.39, 0.29) is 11.8 Å². The number of rotatable bonds is 7. The third-order valence-corrected chi connectivity index (χ3v) is 6.04. The highest BCUT2D eigenvalue weighted by molar-refractivity contribution is 5.78. The highest BCUT2D eigenvalue weighted by atomic mass is 16.5. The number of carbonyl (C=O) groups is 1. The first-order chi connectivity index (χ1) is 15.2. The SMILES string of the molecule is CCOc1nc(-c2ccccc2)nc2c1CCC(C(=O)NCCN1CCOCC1)CC2. The van der Waals surface area contributed by atoms with Crippen molar-refractivity contribution in [3.63, 3.8) is 0 Å². The fraction of sp³-hybridized carbons (Fsp3) is 0.542. The molecule has 31 heavy (non-hydrogen) atoms. The second kappa shape index (κ2) is 10.7. The van der Waals surface area contributed by atoms with Crippen LogP contribution in [-0.2, 0) is 22.4 Å². The molecule has 1 aliphatic carbocycles. The van der Waals surface area contributed by atoms with Crippen molar-refractivity contribution in [2.24, 2.45) is 5.92 Å². The Labute approximate surface area is 184 Å². The van der Waals surface area contributed by atoms with Gasteiger partial charge >= 0.3 is 0 Å². The number of aryl methyl sites for hydroxylation is 1.